The van der Waals surface area contributed by atoms with E-state index in [2.05, 4.69) is 10.6 Å². The molecule has 6 rings (SSSR count). The number of anilines is 2. The first-order valence-corrected chi connectivity index (χ1v) is 15.8. The number of sulfonamides is 1. The molecular formula is C31H31F2N3O9S. The lowest BCUT2D eigenvalue weighted by atomic mass is 9.82. The van der Waals surface area contributed by atoms with Crippen molar-refractivity contribution in [3.8, 4) is 0 Å². The average molecular weight is 660 g/mol. The van der Waals surface area contributed by atoms with E-state index in [9.17, 15) is 46.6 Å². The van der Waals surface area contributed by atoms with E-state index in [0.29, 0.717) is 17.8 Å². The summed E-state index contributed by atoms with van der Waals surface area (Å²) < 4.78 is 54.1. The number of primary sulfonamides is 1. The first-order chi connectivity index (χ1) is 21.5. The van der Waals surface area contributed by atoms with Crippen LogP contribution in [0.1, 0.15) is 18.9 Å². The average Bonchev–Trinajstić information content (AvgIpc) is 3.78. The Hall–Kier alpha value is -4.47. The summed E-state index contributed by atoms with van der Waals surface area (Å²) in [6.07, 6.45) is 6.60. The van der Waals surface area contributed by atoms with Crippen LogP contribution < -0.4 is 15.8 Å². The summed E-state index contributed by atoms with van der Waals surface area (Å²) in [6.45, 7) is 0.805. The summed E-state index contributed by atoms with van der Waals surface area (Å²) in [7, 11) is -3.81. The molecule has 4 bridgehead atoms. The largest absolute Gasteiger partial charge is 0.481 e. The van der Waals surface area contributed by atoms with Gasteiger partial charge in [-0.05, 0) is 54.7 Å². The van der Waals surface area contributed by atoms with E-state index in [0.717, 1.165) is 6.92 Å². The lowest BCUT2D eigenvalue weighted by molar-refractivity contribution is -0.147. The van der Waals surface area contributed by atoms with Gasteiger partial charge in [-0.25, -0.2) is 22.3 Å². The molecule has 4 aliphatic rings. The molecule has 2 fully saturated rings. The van der Waals surface area contributed by atoms with Crippen LogP contribution in [0.3, 0.4) is 0 Å². The molecule has 0 spiro atoms. The molecule has 8 atom stereocenters. The van der Waals surface area contributed by atoms with Gasteiger partial charge >= 0.3 is 11.9 Å². The highest BCUT2D eigenvalue weighted by molar-refractivity contribution is 7.89. The number of carboxylic acid groups (broad SMARTS) is 2. The van der Waals surface area contributed by atoms with Crippen molar-refractivity contribution in [2.75, 3.05) is 10.6 Å². The first kappa shape index (κ1) is 32.9. The Morgan fingerprint density at radius 2 is 1.22 bits per heavy atom. The molecule has 2 aliphatic heterocycles. The number of carbonyl (C=O) groups is 4. The van der Waals surface area contributed by atoms with Crippen molar-refractivity contribution in [3.63, 3.8) is 0 Å². The highest BCUT2D eigenvalue weighted by Crippen LogP contribution is 2.48. The predicted octanol–water partition coefficient (Wildman–Crippen LogP) is 3.19. The maximum Gasteiger partial charge on any atom is 0.310 e. The summed E-state index contributed by atoms with van der Waals surface area (Å²) >= 11 is 0. The molecule has 6 N–H and O–H groups in total. The summed E-state index contributed by atoms with van der Waals surface area (Å²) in [4.78, 5) is 47.5. The topological polar surface area (TPSA) is 202 Å². The number of rotatable bonds is 8. The summed E-state index contributed by atoms with van der Waals surface area (Å²) in [5.74, 6) is -9.13. The van der Waals surface area contributed by atoms with Gasteiger partial charge in [-0.2, -0.15) is 0 Å². The first-order valence-electron chi connectivity index (χ1n) is 14.3. The zero-order chi connectivity index (χ0) is 33.6. The maximum atomic E-state index is 13.2. The highest BCUT2D eigenvalue weighted by Gasteiger charge is 2.53. The van der Waals surface area contributed by atoms with Crippen molar-refractivity contribution in [1.82, 2.24) is 0 Å². The fraction of sp³-hybridized carbons (Fsp3) is 0.355. The molecule has 1 saturated heterocycles. The molecule has 2 amide bonds. The van der Waals surface area contributed by atoms with E-state index in [1.54, 1.807) is 12.2 Å². The Bertz CT molecular complexity index is 1710. The highest BCUT2D eigenvalue weighted by atomic mass is 32.2. The van der Waals surface area contributed by atoms with Gasteiger partial charge < -0.3 is 25.6 Å². The van der Waals surface area contributed by atoms with Crippen LogP contribution in [0.4, 0.5) is 20.2 Å². The van der Waals surface area contributed by atoms with Crippen LogP contribution in [0.25, 0.3) is 0 Å². The normalized spacial score (nSPS) is 28.8. The molecule has 2 aliphatic carbocycles. The van der Waals surface area contributed by atoms with Crippen LogP contribution in [0.2, 0.25) is 0 Å². The Kier molecular flexibility index (Phi) is 8.86. The Balaban J connectivity index is 0.000000181. The third kappa shape index (κ3) is 6.71. The van der Waals surface area contributed by atoms with Gasteiger partial charge in [-0.15, -0.1) is 0 Å². The quantitative estimate of drug-likeness (QED) is 0.264. The monoisotopic (exact) mass is 659 g/mol. The standard InChI is InChI=1S/C17H17F2NO3.C14H14N2O6S/c1-17(18,19)11-4-6-12(7-5-11)20-15(21)13-9-2-3-10(8-9)14(13)16(22)23;15-23(20,21)8-3-1-7(2-4-8)16-13(17)11-9-5-6-10(22-9)12(11)14(18)19/h2-7,9-10,13-14H,8H2,1H3,(H,20,21)(H,22,23);1-6,9-12H,(H,16,17)(H,18,19)(H2,15,20,21). The minimum atomic E-state index is -3.81. The number of fused-ring (bicyclic) bond motifs is 4. The third-order valence-electron chi connectivity index (χ3n) is 8.64. The number of aliphatic carboxylic acids is 2. The number of hydrogen-bond donors (Lipinski definition) is 5. The maximum absolute atomic E-state index is 13.2. The number of nitrogens with one attached hydrogen (secondary N) is 2. The van der Waals surface area contributed by atoms with Crippen molar-refractivity contribution in [1.29, 1.82) is 0 Å². The summed E-state index contributed by atoms with van der Waals surface area (Å²) in [5.41, 5.74) is 0.596. The van der Waals surface area contributed by atoms with Crippen LogP contribution in [0, 0.1) is 35.5 Å². The number of carbonyl (C=O) groups excluding carboxylic acids is 2. The number of amides is 2. The second-order valence-electron chi connectivity index (χ2n) is 11.7. The van der Waals surface area contributed by atoms with Crippen LogP contribution in [-0.2, 0) is 39.9 Å². The second kappa shape index (κ2) is 12.4. The van der Waals surface area contributed by atoms with Crippen molar-refractivity contribution in [3.05, 3.63) is 78.4 Å². The summed E-state index contributed by atoms with van der Waals surface area (Å²) in [6, 6.07) is 10.6. The Morgan fingerprint density at radius 3 is 1.70 bits per heavy atom. The van der Waals surface area contributed by atoms with Crippen molar-refractivity contribution in [2.24, 2.45) is 40.6 Å². The van der Waals surface area contributed by atoms with Gasteiger partial charge in [-0.1, -0.05) is 36.4 Å². The number of nitrogens with two attached hydrogens (primary N) is 1. The smallest absolute Gasteiger partial charge is 0.310 e. The van der Waals surface area contributed by atoms with E-state index in [-0.39, 0.29) is 28.2 Å². The molecule has 15 heteroatoms. The van der Waals surface area contributed by atoms with Crippen LogP contribution in [-0.4, -0.2) is 54.6 Å². The molecule has 46 heavy (non-hydrogen) atoms. The van der Waals surface area contributed by atoms with Crippen molar-refractivity contribution < 1.29 is 51.3 Å². The van der Waals surface area contributed by atoms with Gasteiger partial charge in [0.05, 0.1) is 34.9 Å². The number of halogens is 2. The lowest BCUT2D eigenvalue weighted by Gasteiger charge is -2.24. The molecule has 2 aromatic carbocycles. The molecule has 244 valence electrons. The van der Waals surface area contributed by atoms with Gasteiger partial charge in [0.15, 0.2) is 0 Å². The number of ether oxygens (including phenoxy) is 1. The third-order valence-corrected chi connectivity index (χ3v) is 9.57. The van der Waals surface area contributed by atoms with Crippen molar-refractivity contribution >= 4 is 45.2 Å². The minimum Gasteiger partial charge on any atom is -0.481 e. The fourth-order valence-corrected chi connectivity index (χ4v) is 6.97. The van der Waals surface area contributed by atoms with Gasteiger partial charge in [-0.3, -0.25) is 19.2 Å². The molecule has 1 saturated carbocycles. The van der Waals surface area contributed by atoms with Gasteiger partial charge in [0.2, 0.25) is 21.8 Å². The predicted molar refractivity (Wildman–Crippen MR) is 159 cm³/mol. The molecular weight excluding hydrogens is 628 g/mol. The molecule has 0 radical (unpaired) electrons. The zero-order valence-electron chi connectivity index (χ0n) is 24.2. The van der Waals surface area contributed by atoms with Gasteiger partial charge in [0, 0.05) is 23.9 Å². The van der Waals surface area contributed by atoms with Crippen molar-refractivity contribution in [2.45, 2.75) is 36.4 Å². The van der Waals surface area contributed by atoms with E-state index in [4.69, 9.17) is 9.88 Å². The number of hydrogen-bond acceptors (Lipinski definition) is 7. The van der Waals surface area contributed by atoms with Crippen LogP contribution in [0.15, 0.2) is 77.7 Å². The molecule has 0 aromatic heterocycles. The Morgan fingerprint density at radius 1 is 0.761 bits per heavy atom. The lowest BCUT2D eigenvalue weighted by Crippen LogP contribution is -2.39. The zero-order valence-corrected chi connectivity index (χ0v) is 25.1. The van der Waals surface area contributed by atoms with Gasteiger partial charge in [0.25, 0.3) is 5.92 Å². The summed E-state index contributed by atoms with van der Waals surface area (Å²) in [5, 5.41) is 28.8. The van der Waals surface area contributed by atoms with E-state index in [1.165, 1.54) is 48.5 Å². The van der Waals surface area contributed by atoms with E-state index >= 15 is 0 Å². The second-order valence-corrected chi connectivity index (χ2v) is 13.3. The molecule has 2 aromatic rings. The molecule has 12 nitrogen and oxygen atoms in total. The number of carboxylic acids is 2. The fourth-order valence-electron chi connectivity index (χ4n) is 6.46. The molecule has 2 heterocycles. The van der Waals surface area contributed by atoms with Crippen LogP contribution in [0.5, 0.6) is 0 Å². The Labute approximate surface area is 262 Å². The SMILES string of the molecule is CC(F)(F)c1ccc(NC(=O)C2C3C=CC(C3)C2C(=O)O)cc1.NS(=O)(=O)c1ccc(NC(=O)C2C3C=CC(O3)C2C(=O)O)cc1. The van der Waals surface area contributed by atoms with Gasteiger partial charge in [0.1, 0.15) is 5.92 Å². The number of alkyl halides is 2. The van der Waals surface area contributed by atoms with Crippen LogP contribution >= 0.6 is 0 Å². The van der Waals surface area contributed by atoms with E-state index in [1.807, 2.05) is 12.2 Å². The number of allylic oxidation sites excluding steroid dienone is 2. The minimum absolute atomic E-state index is 0.0691. The number of benzene rings is 2. The molecule has 8 unspecified atom stereocenters. The van der Waals surface area contributed by atoms with E-state index < -0.39 is 69.7 Å².